The van der Waals surface area contributed by atoms with E-state index in [1.54, 1.807) is 30.3 Å². The Kier molecular flexibility index (Phi) is 7.31. The van der Waals surface area contributed by atoms with Gasteiger partial charge in [-0.3, -0.25) is 4.79 Å². The predicted octanol–water partition coefficient (Wildman–Crippen LogP) is 0.921. The van der Waals surface area contributed by atoms with Crippen LogP contribution in [0.2, 0.25) is 0 Å². The molecule has 0 atom stereocenters. The van der Waals surface area contributed by atoms with Crippen LogP contribution >= 0.6 is 0 Å². The van der Waals surface area contributed by atoms with Crippen LogP contribution in [0, 0.1) is 0 Å². The molecule has 0 bridgehead atoms. The van der Waals surface area contributed by atoms with Gasteiger partial charge in [-0.25, -0.2) is 0 Å². The second-order valence-electron chi connectivity index (χ2n) is 3.91. The van der Waals surface area contributed by atoms with E-state index in [0.29, 0.717) is 26.2 Å². The molecule has 5 heteroatoms. The quantitative estimate of drug-likeness (QED) is 0.482. The van der Waals surface area contributed by atoms with Crippen molar-refractivity contribution in [3.05, 3.63) is 35.9 Å². The van der Waals surface area contributed by atoms with Gasteiger partial charge in [0.1, 0.15) is 5.75 Å². The van der Waals surface area contributed by atoms with Gasteiger partial charge in [0.25, 0.3) is 0 Å². The van der Waals surface area contributed by atoms with E-state index in [9.17, 15) is 4.79 Å². The molecule has 0 saturated heterocycles. The molecule has 0 heterocycles. The average molecular weight is 265 g/mol. The molecule has 1 aromatic carbocycles. The fourth-order valence-corrected chi connectivity index (χ4v) is 1.37. The van der Waals surface area contributed by atoms with Crippen molar-refractivity contribution in [2.75, 3.05) is 26.4 Å². The van der Waals surface area contributed by atoms with Gasteiger partial charge in [0.15, 0.2) is 0 Å². The van der Waals surface area contributed by atoms with Crippen molar-refractivity contribution in [1.82, 2.24) is 5.32 Å². The first-order valence-electron chi connectivity index (χ1n) is 6.16. The maximum Gasteiger partial charge on any atom is 0.244 e. The molecule has 0 aliphatic carbocycles. The van der Waals surface area contributed by atoms with Crippen LogP contribution in [0.4, 0.5) is 0 Å². The summed E-state index contributed by atoms with van der Waals surface area (Å²) in [5.74, 6) is 0.0275. The number of carbonyl (C=O) groups is 1. The number of nitrogens with one attached hydrogen (secondary N) is 1. The highest BCUT2D eigenvalue weighted by molar-refractivity contribution is 5.91. The lowest BCUT2D eigenvalue weighted by Gasteiger charge is -2.03. The van der Waals surface area contributed by atoms with E-state index < -0.39 is 0 Å². The number of rotatable bonds is 8. The van der Waals surface area contributed by atoms with E-state index in [2.05, 4.69) is 5.32 Å². The third kappa shape index (κ3) is 7.23. The maximum absolute atomic E-state index is 11.4. The first-order chi connectivity index (χ1) is 9.22. The maximum atomic E-state index is 11.4. The average Bonchev–Trinajstić information content (AvgIpc) is 2.42. The fraction of sp³-hybridized carbons (Fsp3) is 0.357. The minimum Gasteiger partial charge on any atom is -0.508 e. The van der Waals surface area contributed by atoms with E-state index >= 15 is 0 Å². The van der Waals surface area contributed by atoms with Gasteiger partial charge in [-0.15, -0.1) is 0 Å². The van der Waals surface area contributed by atoms with Crippen molar-refractivity contribution >= 4 is 12.0 Å². The molecule has 0 saturated carbocycles. The Bertz CT molecular complexity index is 400. The Morgan fingerprint density at radius 2 is 2.00 bits per heavy atom. The van der Waals surface area contributed by atoms with Gasteiger partial charge >= 0.3 is 0 Å². The molecule has 1 rings (SSSR count). The molecule has 0 spiro atoms. The van der Waals surface area contributed by atoms with Gasteiger partial charge in [-0.2, -0.15) is 0 Å². The first kappa shape index (κ1) is 15.2. The van der Waals surface area contributed by atoms with Crippen LogP contribution in [0.5, 0.6) is 5.75 Å². The SMILES string of the molecule is O=C(/C=C/c1ccc(O)cc1)NCCCOCCO. The van der Waals surface area contributed by atoms with E-state index in [1.807, 2.05) is 0 Å². The standard InChI is InChI=1S/C14H19NO4/c16-9-11-19-10-1-8-15-14(18)7-4-12-2-5-13(17)6-3-12/h2-7,16-17H,1,8-11H2,(H,15,18)/b7-4+. The zero-order valence-electron chi connectivity index (χ0n) is 10.7. The summed E-state index contributed by atoms with van der Waals surface area (Å²) in [6.07, 6.45) is 3.83. The van der Waals surface area contributed by atoms with Crippen LogP contribution in [-0.2, 0) is 9.53 Å². The molecule has 0 aliphatic heterocycles. The van der Waals surface area contributed by atoms with Crippen molar-refractivity contribution in [3.63, 3.8) is 0 Å². The van der Waals surface area contributed by atoms with Gasteiger partial charge < -0.3 is 20.3 Å². The molecule has 0 unspecified atom stereocenters. The number of amides is 1. The van der Waals surface area contributed by atoms with Crippen molar-refractivity contribution in [3.8, 4) is 5.75 Å². The Morgan fingerprint density at radius 3 is 2.68 bits per heavy atom. The Hall–Kier alpha value is -1.85. The van der Waals surface area contributed by atoms with Crippen LogP contribution in [0.15, 0.2) is 30.3 Å². The summed E-state index contributed by atoms with van der Waals surface area (Å²) >= 11 is 0. The molecule has 0 radical (unpaired) electrons. The van der Waals surface area contributed by atoms with Gasteiger partial charge in [-0.05, 0) is 30.2 Å². The fourth-order valence-electron chi connectivity index (χ4n) is 1.37. The smallest absolute Gasteiger partial charge is 0.244 e. The van der Waals surface area contributed by atoms with Gasteiger partial charge in [0.05, 0.1) is 13.2 Å². The molecule has 5 nitrogen and oxygen atoms in total. The minimum atomic E-state index is -0.171. The number of benzene rings is 1. The van der Waals surface area contributed by atoms with Crippen molar-refractivity contribution in [2.45, 2.75) is 6.42 Å². The van der Waals surface area contributed by atoms with E-state index in [0.717, 1.165) is 5.56 Å². The number of ether oxygens (including phenoxy) is 1. The van der Waals surface area contributed by atoms with E-state index in [-0.39, 0.29) is 18.3 Å². The van der Waals surface area contributed by atoms with Crippen LogP contribution in [0.1, 0.15) is 12.0 Å². The Morgan fingerprint density at radius 1 is 1.26 bits per heavy atom. The number of hydrogen-bond acceptors (Lipinski definition) is 4. The number of aliphatic hydroxyl groups excluding tert-OH is 1. The highest BCUT2D eigenvalue weighted by atomic mass is 16.5. The summed E-state index contributed by atoms with van der Waals surface area (Å²) in [5.41, 5.74) is 0.847. The summed E-state index contributed by atoms with van der Waals surface area (Å²) in [7, 11) is 0. The van der Waals surface area contributed by atoms with E-state index in [4.69, 9.17) is 14.9 Å². The number of phenolic OH excluding ortho intramolecular Hbond substituents is 1. The third-order valence-corrected chi connectivity index (χ3v) is 2.32. The number of carbonyl (C=O) groups excluding carboxylic acids is 1. The highest BCUT2D eigenvalue weighted by Gasteiger charge is 1.95. The monoisotopic (exact) mass is 265 g/mol. The number of aliphatic hydroxyl groups is 1. The largest absolute Gasteiger partial charge is 0.508 e. The molecule has 0 aliphatic rings. The first-order valence-corrected chi connectivity index (χ1v) is 6.16. The molecule has 0 fully saturated rings. The van der Waals surface area contributed by atoms with Crippen LogP contribution in [0.3, 0.4) is 0 Å². The number of aromatic hydroxyl groups is 1. The minimum absolute atomic E-state index is 0.0156. The van der Waals surface area contributed by atoms with Gasteiger partial charge in [0, 0.05) is 19.2 Å². The number of hydrogen-bond donors (Lipinski definition) is 3. The predicted molar refractivity (Wildman–Crippen MR) is 72.7 cm³/mol. The lowest BCUT2D eigenvalue weighted by Crippen LogP contribution is -2.23. The zero-order valence-corrected chi connectivity index (χ0v) is 10.7. The van der Waals surface area contributed by atoms with Crippen LogP contribution in [-0.4, -0.2) is 42.5 Å². The molecule has 0 aromatic heterocycles. The normalized spacial score (nSPS) is 10.8. The Balaban J connectivity index is 2.18. The summed E-state index contributed by atoms with van der Waals surface area (Å²) in [5, 5.41) is 20.3. The number of phenols is 1. The molecular formula is C14H19NO4. The van der Waals surface area contributed by atoms with Crippen molar-refractivity contribution < 1.29 is 19.7 Å². The van der Waals surface area contributed by atoms with Crippen molar-refractivity contribution in [2.24, 2.45) is 0 Å². The van der Waals surface area contributed by atoms with Gasteiger partial charge in [0.2, 0.25) is 5.91 Å². The molecule has 104 valence electrons. The van der Waals surface area contributed by atoms with E-state index in [1.165, 1.54) is 6.08 Å². The zero-order chi connectivity index (χ0) is 13.9. The third-order valence-electron chi connectivity index (χ3n) is 2.32. The Labute approximate surface area is 112 Å². The molecule has 1 amide bonds. The second kappa shape index (κ2) is 9.13. The highest BCUT2D eigenvalue weighted by Crippen LogP contribution is 2.10. The summed E-state index contributed by atoms with van der Waals surface area (Å²) < 4.78 is 5.06. The summed E-state index contributed by atoms with van der Waals surface area (Å²) in [4.78, 5) is 11.4. The summed E-state index contributed by atoms with van der Waals surface area (Å²) in [6, 6.07) is 6.58. The van der Waals surface area contributed by atoms with Crippen LogP contribution < -0.4 is 5.32 Å². The second-order valence-corrected chi connectivity index (χ2v) is 3.91. The molecule has 3 N–H and O–H groups in total. The van der Waals surface area contributed by atoms with Gasteiger partial charge in [-0.1, -0.05) is 12.1 Å². The van der Waals surface area contributed by atoms with Crippen LogP contribution in [0.25, 0.3) is 6.08 Å². The lowest BCUT2D eigenvalue weighted by molar-refractivity contribution is -0.116. The molecule has 1 aromatic rings. The molecular weight excluding hydrogens is 246 g/mol. The topological polar surface area (TPSA) is 78.8 Å². The van der Waals surface area contributed by atoms with Crippen molar-refractivity contribution in [1.29, 1.82) is 0 Å². The molecule has 19 heavy (non-hydrogen) atoms. The summed E-state index contributed by atoms with van der Waals surface area (Å²) in [6.45, 7) is 1.39. The lowest BCUT2D eigenvalue weighted by atomic mass is 10.2.